The molecule has 0 bridgehead atoms. The molecule has 3 aromatic rings. The molecule has 0 saturated carbocycles. The summed E-state index contributed by atoms with van der Waals surface area (Å²) < 4.78 is 13.6. The Morgan fingerprint density at radius 1 is 0.794 bits per heavy atom. The molecule has 34 heavy (non-hydrogen) atoms. The van der Waals surface area contributed by atoms with Crippen molar-refractivity contribution in [2.45, 2.75) is 46.0 Å². The lowest BCUT2D eigenvalue weighted by Gasteiger charge is -2.19. The Morgan fingerprint density at radius 2 is 1.38 bits per heavy atom. The van der Waals surface area contributed by atoms with E-state index in [-0.39, 0.29) is 16.7 Å². The zero-order valence-corrected chi connectivity index (χ0v) is 20.1. The first-order valence-corrected chi connectivity index (χ1v) is 11.4. The number of hydrogen-bond donors (Lipinski definition) is 1. The van der Waals surface area contributed by atoms with Gasteiger partial charge in [0.05, 0.1) is 11.3 Å². The van der Waals surface area contributed by atoms with Crippen molar-refractivity contribution < 1.29 is 14.0 Å². The number of rotatable bonds is 5. The summed E-state index contributed by atoms with van der Waals surface area (Å²) in [6.07, 6.45) is 0. The summed E-state index contributed by atoms with van der Waals surface area (Å²) in [4.78, 5) is 28.2. The number of hydrogen-bond acceptors (Lipinski definition) is 3. The lowest BCUT2D eigenvalue weighted by atomic mass is 9.87. The average Bonchev–Trinajstić information content (AvgIpc) is 3.03. The Kier molecular flexibility index (Phi) is 6.13. The molecule has 2 amide bonds. The van der Waals surface area contributed by atoms with Crippen LogP contribution in [0.3, 0.4) is 0 Å². The van der Waals surface area contributed by atoms with Gasteiger partial charge in [0.25, 0.3) is 11.8 Å². The van der Waals surface area contributed by atoms with Crippen LogP contribution in [-0.2, 0) is 15.0 Å². The van der Waals surface area contributed by atoms with Gasteiger partial charge in [0.1, 0.15) is 11.5 Å². The molecule has 0 saturated heterocycles. The molecule has 4 nitrogen and oxygen atoms in total. The molecule has 0 atom stereocenters. The van der Waals surface area contributed by atoms with E-state index in [4.69, 9.17) is 0 Å². The minimum Gasteiger partial charge on any atom is -0.350 e. The van der Waals surface area contributed by atoms with E-state index in [1.165, 1.54) is 29.2 Å². The molecule has 0 aliphatic carbocycles. The van der Waals surface area contributed by atoms with Crippen molar-refractivity contribution >= 4 is 28.8 Å². The molecular weight excluding hydrogens is 427 g/mol. The molecule has 0 unspecified atom stereocenters. The summed E-state index contributed by atoms with van der Waals surface area (Å²) >= 11 is 0. The van der Waals surface area contributed by atoms with E-state index in [1.807, 2.05) is 36.4 Å². The molecule has 0 spiro atoms. The van der Waals surface area contributed by atoms with Gasteiger partial charge < -0.3 is 5.32 Å². The number of carbonyl (C=O) groups excluding carboxylic acids is 2. The highest BCUT2D eigenvalue weighted by atomic mass is 19.1. The second-order valence-electron chi connectivity index (χ2n) is 9.90. The van der Waals surface area contributed by atoms with Crippen molar-refractivity contribution in [3.63, 3.8) is 0 Å². The highest BCUT2D eigenvalue weighted by molar-refractivity contribution is 6.46. The van der Waals surface area contributed by atoms with E-state index >= 15 is 0 Å². The van der Waals surface area contributed by atoms with E-state index in [2.05, 4.69) is 39.9 Å². The van der Waals surface area contributed by atoms with Gasteiger partial charge in [-0.1, -0.05) is 71.0 Å². The van der Waals surface area contributed by atoms with Crippen LogP contribution in [0, 0.1) is 5.82 Å². The second kappa shape index (κ2) is 8.90. The normalized spacial score (nSPS) is 14.4. The molecule has 5 heteroatoms. The predicted molar refractivity (Wildman–Crippen MR) is 135 cm³/mol. The van der Waals surface area contributed by atoms with Crippen molar-refractivity contribution in [2.75, 3.05) is 10.2 Å². The Bertz CT molecular complexity index is 1250. The van der Waals surface area contributed by atoms with E-state index in [1.54, 1.807) is 12.1 Å². The van der Waals surface area contributed by atoms with Gasteiger partial charge in [0.2, 0.25) is 0 Å². The third-order valence-corrected chi connectivity index (χ3v) is 6.06. The van der Waals surface area contributed by atoms with Gasteiger partial charge in [-0.2, -0.15) is 0 Å². The van der Waals surface area contributed by atoms with Gasteiger partial charge in [-0.15, -0.1) is 0 Å². The average molecular weight is 457 g/mol. The molecule has 174 valence electrons. The van der Waals surface area contributed by atoms with Crippen LogP contribution in [0.25, 0.3) is 5.57 Å². The second-order valence-corrected chi connectivity index (χ2v) is 9.90. The van der Waals surface area contributed by atoms with E-state index < -0.39 is 17.6 Å². The van der Waals surface area contributed by atoms with Gasteiger partial charge in [-0.25, -0.2) is 9.29 Å². The first-order chi connectivity index (χ1) is 16.1. The summed E-state index contributed by atoms with van der Waals surface area (Å²) in [7, 11) is 0. The third-order valence-electron chi connectivity index (χ3n) is 6.06. The molecule has 3 aromatic carbocycles. The van der Waals surface area contributed by atoms with E-state index in [9.17, 15) is 14.0 Å². The van der Waals surface area contributed by atoms with Crippen molar-refractivity contribution in [2.24, 2.45) is 0 Å². The lowest BCUT2D eigenvalue weighted by Crippen LogP contribution is -2.32. The number of amides is 2. The lowest BCUT2D eigenvalue weighted by molar-refractivity contribution is -0.120. The number of halogens is 1. The van der Waals surface area contributed by atoms with Crippen molar-refractivity contribution in [1.29, 1.82) is 0 Å². The maximum Gasteiger partial charge on any atom is 0.282 e. The molecule has 1 heterocycles. The number of imide groups is 1. The number of anilines is 2. The molecular formula is C29H29FN2O2. The van der Waals surface area contributed by atoms with Crippen LogP contribution in [0.5, 0.6) is 0 Å². The van der Waals surface area contributed by atoms with E-state index in [0.29, 0.717) is 22.9 Å². The van der Waals surface area contributed by atoms with Gasteiger partial charge in [0.15, 0.2) is 0 Å². The Balaban J connectivity index is 1.75. The molecule has 4 rings (SSSR count). The Morgan fingerprint density at radius 3 is 1.91 bits per heavy atom. The molecule has 0 radical (unpaired) electrons. The molecule has 0 aromatic heterocycles. The first-order valence-electron chi connectivity index (χ1n) is 11.4. The highest BCUT2D eigenvalue weighted by Gasteiger charge is 2.40. The molecule has 0 fully saturated rings. The summed E-state index contributed by atoms with van der Waals surface area (Å²) in [5.41, 5.74) is 4.34. The number of nitrogens with zero attached hydrogens (tertiary/aromatic N) is 1. The van der Waals surface area contributed by atoms with Crippen LogP contribution >= 0.6 is 0 Å². The van der Waals surface area contributed by atoms with Crippen LogP contribution in [-0.4, -0.2) is 11.8 Å². The smallest absolute Gasteiger partial charge is 0.282 e. The molecule has 1 aliphatic rings. The zero-order chi connectivity index (χ0) is 24.6. The predicted octanol–water partition coefficient (Wildman–Crippen LogP) is 6.64. The topological polar surface area (TPSA) is 49.4 Å². The fourth-order valence-corrected chi connectivity index (χ4v) is 3.97. The minimum atomic E-state index is -0.443. The highest BCUT2D eigenvalue weighted by Crippen LogP contribution is 2.35. The standard InChI is InChI=1S/C29H29FN2O2/c1-18(2)19-8-16-24(17-9-19)32-27(33)25(20-6-12-22(30)13-7-20)26(28(32)34)31-23-14-10-21(11-15-23)29(3,4)5/h6-18,31H,1-5H3. The Hall–Kier alpha value is -3.73. The van der Waals surface area contributed by atoms with E-state index in [0.717, 1.165) is 11.1 Å². The minimum absolute atomic E-state index is 0.00480. The van der Waals surface area contributed by atoms with Gasteiger partial charge in [0, 0.05) is 5.69 Å². The number of nitrogens with one attached hydrogen (secondary N) is 1. The van der Waals surface area contributed by atoms with Gasteiger partial charge in [-0.3, -0.25) is 9.59 Å². The number of benzene rings is 3. The van der Waals surface area contributed by atoms with Crippen LogP contribution < -0.4 is 10.2 Å². The maximum atomic E-state index is 13.6. The third kappa shape index (κ3) is 4.51. The van der Waals surface area contributed by atoms with Crippen molar-refractivity contribution in [3.05, 3.63) is 101 Å². The van der Waals surface area contributed by atoms with Crippen LogP contribution in [0.1, 0.15) is 57.2 Å². The molecule has 1 aliphatic heterocycles. The monoisotopic (exact) mass is 456 g/mol. The first kappa shape index (κ1) is 23.4. The van der Waals surface area contributed by atoms with Crippen LogP contribution in [0.2, 0.25) is 0 Å². The molecule has 1 N–H and O–H groups in total. The quantitative estimate of drug-likeness (QED) is 0.438. The van der Waals surface area contributed by atoms with Gasteiger partial charge >= 0.3 is 0 Å². The van der Waals surface area contributed by atoms with Gasteiger partial charge in [-0.05, 0) is 64.4 Å². The fourth-order valence-electron chi connectivity index (χ4n) is 3.97. The maximum absolute atomic E-state index is 13.6. The Labute approximate surface area is 200 Å². The SMILES string of the molecule is CC(C)c1ccc(N2C(=O)C(Nc3ccc(C(C)(C)C)cc3)=C(c3ccc(F)cc3)C2=O)cc1. The fraction of sp³-hybridized carbons (Fsp3) is 0.241. The summed E-state index contributed by atoms with van der Waals surface area (Å²) in [6, 6.07) is 20.8. The van der Waals surface area contributed by atoms with Crippen LogP contribution in [0.15, 0.2) is 78.5 Å². The zero-order valence-electron chi connectivity index (χ0n) is 20.1. The van der Waals surface area contributed by atoms with Crippen molar-refractivity contribution in [1.82, 2.24) is 0 Å². The van der Waals surface area contributed by atoms with Crippen molar-refractivity contribution in [3.8, 4) is 0 Å². The summed E-state index contributed by atoms with van der Waals surface area (Å²) in [6.45, 7) is 10.6. The summed E-state index contributed by atoms with van der Waals surface area (Å²) in [5, 5.41) is 3.17. The largest absolute Gasteiger partial charge is 0.350 e. The van der Waals surface area contributed by atoms with Crippen LogP contribution in [0.4, 0.5) is 15.8 Å². The number of carbonyl (C=O) groups is 2. The summed E-state index contributed by atoms with van der Waals surface area (Å²) in [5.74, 6) is -0.959.